The normalized spacial score (nSPS) is 22.0. The number of alkyl halides is 3. The first-order chi connectivity index (χ1) is 10.7. The zero-order valence-electron chi connectivity index (χ0n) is 12.8. The fourth-order valence-electron chi connectivity index (χ4n) is 2.54. The first-order valence-electron chi connectivity index (χ1n) is 7.55. The number of benzene rings is 1. The number of ether oxygens (including phenoxy) is 1. The Morgan fingerprint density at radius 3 is 2.57 bits per heavy atom. The van der Waals surface area contributed by atoms with Crippen molar-refractivity contribution in [3.05, 3.63) is 29.8 Å². The predicted octanol–water partition coefficient (Wildman–Crippen LogP) is 2.75. The lowest BCUT2D eigenvalue weighted by atomic mass is 9.95. The zero-order valence-corrected chi connectivity index (χ0v) is 12.8. The Hall–Kier alpha value is -1.76. The standard InChI is InChI=1S/C16H20F3NO3/c1-11-8-9-20(10-14(11)21)15(22)7-4-12-2-5-13(6-3-12)23-16(17,18)19/h2-3,5-6,11,14,21H,4,7-10H2,1H3. The molecule has 23 heavy (non-hydrogen) atoms. The van der Waals surface area contributed by atoms with Gasteiger partial charge in [0.25, 0.3) is 0 Å². The number of likely N-dealkylation sites (tertiary alicyclic amines) is 1. The number of amides is 1. The lowest BCUT2D eigenvalue weighted by Crippen LogP contribution is -2.45. The van der Waals surface area contributed by atoms with Crippen LogP contribution < -0.4 is 4.74 Å². The van der Waals surface area contributed by atoms with Gasteiger partial charge in [0.15, 0.2) is 0 Å². The van der Waals surface area contributed by atoms with Gasteiger partial charge in [-0.3, -0.25) is 4.79 Å². The van der Waals surface area contributed by atoms with Crippen molar-refractivity contribution in [1.29, 1.82) is 0 Å². The molecule has 1 N–H and O–H groups in total. The van der Waals surface area contributed by atoms with Gasteiger partial charge < -0.3 is 14.7 Å². The molecule has 0 bridgehead atoms. The predicted molar refractivity (Wildman–Crippen MR) is 77.8 cm³/mol. The molecule has 7 heteroatoms. The summed E-state index contributed by atoms with van der Waals surface area (Å²) in [4.78, 5) is 13.8. The second-order valence-electron chi connectivity index (χ2n) is 5.86. The number of β-amino-alcohol motifs (C(OH)–C–C–N with tert-alkyl or cyclic N) is 1. The number of nitrogens with zero attached hydrogens (tertiary/aromatic N) is 1. The third-order valence-corrected chi connectivity index (χ3v) is 4.06. The number of hydrogen-bond donors (Lipinski definition) is 1. The Bertz CT molecular complexity index is 530. The highest BCUT2D eigenvalue weighted by atomic mass is 19.4. The fourth-order valence-corrected chi connectivity index (χ4v) is 2.54. The molecule has 4 nitrogen and oxygen atoms in total. The molecule has 0 radical (unpaired) electrons. The van der Waals surface area contributed by atoms with E-state index in [-0.39, 0.29) is 24.0 Å². The minimum atomic E-state index is -4.70. The SMILES string of the molecule is CC1CCN(C(=O)CCc2ccc(OC(F)(F)F)cc2)CC1O. The Morgan fingerprint density at radius 1 is 1.35 bits per heavy atom. The average molecular weight is 331 g/mol. The van der Waals surface area contributed by atoms with Gasteiger partial charge in [-0.05, 0) is 36.5 Å². The zero-order chi connectivity index (χ0) is 17.0. The van der Waals surface area contributed by atoms with Crippen LogP contribution in [0.4, 0.5) is 13.2 Å². The van der Waals surface area contributed by atoms with Crippen molar-refractivity contribution in [1.82, 2.24) is 4.90 Å². The van der Waals surface area contributed by atoms with Crippen LogP contribution >= 0.6 is 0 Å². The molecular weight excluding hydrogens is 311 g/mol. The molecule has 128 valence electrons. The van der Waals surface area contributed by atoms with Gasteiger partial charge in [0, 0.05) is 19.5 Å². The molecule has 1 aliphatic heterocycles. The van der Waals surface area contributed by atoms with Crippen LogP contribution in [0.5, 0.6) is 5.75 Å². The summed E-state index contributed by atoms with van der Waals surface area (Å²) in [6.45, 7) is 2.94. The molecule has 0 aliphatic carbocycles. The Morgan fingerprint density at radius 2 is 2.00 bits per heavy atom. The van der Waals surface area contributed by atoms with E-state index >= 15 is 0 Å². The molecule has 0 spiro atoms. The lowest BCUT2D eigenvalue weighted by molar-refractivity contribution is -0.274. The minimum absolute atomic E-state index is 0.0495. The molecule has 0 aromatic heterocycles. The lowest BCUT2D eigenvalue weighted by Gasteiger charge is -2.34. The summed E-state index contributed by atoms with van der Waals surface area (Å²) in [6, 6.07) is 5.50. The fraction of sp³-hybridized carbons (Fsp3) is 0.562. The summed E-state index contributed by atoms with van der Waals surface area (Å²) in [5.41, 5.74) is 0.763. The van der Waals surface area contributed by atoms with Crippen LogP contribution in [-0.2, 0) is 11.2 Å². The molecule has 1 aliphatic rings. The van der Waals surface area contributed by atoms with E-state index in [1.807, 2.05) is 6.92 Å². The van der Waals surface area contributed by atoms with Crippen LogP contribution in [0.15, 0.2) is 24.3 Å². The van der Waals surface area contributed by atoms with Gasteiger partial charge in [0.2, 0.25) is 5.91 Å². The maximum Gasteiger partial charge on any atom is 0.573 e. The molecule has 1 aromatic carbocycles. The number of rotatable bonds is 4. The average Bonchev–Trinajstić information content (AvgIpc) is 2.47. The molecule has 2 rings (SSSR count). The van der Waals surface area contributed by atoms with Gasteiger partial charge in [0.05, 0.1) is 6.10 Å². The summed E-state index contributed by atoms with van der Waals surface area (Å²) in [5.74, 6) is -0.132. The largest absolute Gasteiger partial charge is 0.573 e. The highest BCUT2D eigenvalue weighted by Crippen LogP contribution is 2.23. The smallest absolute Gasteiger partial charge is 0.406 e. The van der Waals surface area contributed by atoms with E-state index in [0.717, 1.165) is 12.0 Å². The minimum Gasteiger partial charge on any atom is -0.406 e. The van der Waals surface area contributed by atoms with Crippen molar-refractivity contribution in [3.63, 3.8) is 0 Å². The van der Waals surface area contributed by atoms with Crippen LogP contribution in [0.1, 0.15) is 25.3 Å². The quantitative estimate of drug-likeness (QED) is 0.923. The molecule has 1 amide bonds. The molecule has 1 saturated heterocycles. The Labute approximate surface area is 132 Å². The van der Waals surface area contributed by atoms with E-state index in [1.165, 1.54) is 24.3 Å². The van der Waals surface area contributed by atoms with Gasteiger partial charge in [-0.25, -0.2) is 0 Å². The number of carbonyl (C=O) groups is 1. The van der Waals surface area contributed by atoms with Crippen LogP contribution in [0, 0.1) is 5.92 Å². The van der Waals surface area contributed by atoms with Gasteiger partial charge in [-0.1, -0.05) is 19.1 Å². The van der Waals surface area contributed by atoms with E-state index in [1.54, 1.807) is 4.90 Å². The summed E-state index contributed by atoms with van der Waals surface area (Å²) < 4.78 is 40.0. The first kappa shape index (κ1) is 17.6. The molecule has 0 saturated carbocycles. The summed E-state index contributed by atoms with van der Waals surface area (Å²) >= 11 is 0. The van der Waals surface area contributed by atoms with Crippen molar-refractivity contribution < 1.29 is 27.8 Å². The molecule has 2 atom stereocenters. The third-order valence-electron chi connectivity index (χ3n) is 4.06. The Balaban J connectivity index is 1.82. The van der Waals surface area contributed by atoms with Crippen molar-refractivity contribution in [3.8, 4) is 5.75 Å². The number of aryl methyl sites for hydroxylation is 1. The third kappa shape index (κ3) is 5.42. The van der Waals surface area contributed by atoms with Crippen molar-refractivity contribution in [2.45, 2.75) is 38.7 Å². The monoisotopic (exact) mass is 331 g/mol. The maximum absolute atomic E-state index is 12.1. The number of piperidine rings is 1. The number of aliphatic hydroxyl groups is 1. The van der Waals surface area contributed by atoms with Gasteiger partial charge in [-0.2, -0.15) is 0 Å². The van der Waals surface area contributed by atoms with Crippen molar-refractivity contribution in [2.24, 2.45) is 5.92 Å². The van der Waals surface area contributed by atoms with Crippen LogP contribution in [-0.4, -0.2) is 41.5 Å². The summed E-state index contributed by atoms with van der Waals surface area (Å²) in [6.07, 6.45) is -3.72. The first-order valence-corrected chi connectivity index (χ1v) is 7.55. The Kier molecular flexibility index (Phi) is 5.51. The maximum atomic E-state index is 12.1. The highest BCUT2D eigenvalue weighted by Gasteiger charge is 2.31. The number of carbonyl (C=O) groups excluding carboxylic acids is 1. The van der Waals surface area contributed by atoms with E-state index < -0.39 is 12.5 Å². The molecule has 1 heterocycles. The van der Waals surface area contributed by atoms with E-state index in [9.17, 15) is 23.1 Å². The molecule has 2 unspecified atom stereocenters. The van der Waals surface area contributed by atoms with Crippen molar-refractivity contribution in [2.75, 3.05) is 13.1 Å². The second-order valence-corrected chi connectivity index (χ2v) is 5.86. The highest BCUT2D eigenvalue weighted by molar-refractivity contribution is 5.76. The summed E-state index contributed by atoms with van der Waals surface area (Å²) in [5, 5.41) is 9.81. The van der Waals surface area contributed by atoms with E-state index in [0.29, 0.717) is 19.5 Å². The van der Waals surface area contributed by atoms with Crippen LogP contribution in [0.25, 0.3) is 0 Å². The molecule has 1 aromatic rings. The van der Waals surface area contributed by atoms with E-state index in [4.69, 9.17) is 0 Å². The number of aliphatic hydroxyl groups excluding tert-OH is 1. The van der Waals surface area contributed by atoms with Gasteiger partial charge in [0.1, 0.15) is 5.75 Å². The number of halogens is 3. The summed E-state index contributed by atoms with van der Waals surface area (Å²) in [7, 11) is 0. The van der Waals surface area contributed by atoms with Crippen LogP contribution in [0.2, 0.25) is 0 Å². The van der Waals surface area contributed by atoms with Crippen molar-refractivity contribution >= 4 is 5.91 Å². The van der Waals surface area contributed by atoms with Gasteiger partial charge in [-0.15, -0.1) is 13.2 Å². The number of hydrogen-bond acceptors (Lipinski definition) is 3. The topological polar surface area (TPSA) is 49.8 Å². The van der Waals surface area contributed by atoms with Gasteiger partial charge >= 0.3 is 6.36 Å². The molecule has 1 fully saturated rings. The van der Waals surface area contributed by atoms with Crippen LogP contribution in [0.3, 0.4) is 0 Å². The van der Waals surface area contributed by atoms with E-state index in [2.05, 4.69) is 4.74 Å². The molecular formula is C16H20F3NO3. The second kappa shape index (κ2) is 7.21.